The monoisotopic (exact) mass is 971 g/mol. The van der Waals surface area contributed by atoms with Crippen LogP contribution in [0.4, 0.5) is 0 Å². The second kappa shape index (κ2) is 57.6. The van der Waals surface area contributed by atoms with E-state index in [1.807, 2.05) is 0 Å². The first-order valence-corrected chi connectivity index (χ1v) is 28.9. The van der Waals surface area contributed by atoms with E-state index in [0.29, 0.717) is 19.3 Å². The number of hydrogen-bond donors (Lipinski definition) is 0. The number of carbonyl (C=O) groups is 3. The van der Waals surface area contributed by atoms with Gasteiger partial charge in [-0.3, -0.25) is 14.4 Å². The molecular weight excluding hydrogens is 865 g/mol. The third-order valence-corrected chi connectivity index (χ3v) is 12.0. The van der Waals surface area contributed by atoms with E-state index in [-0.39, 0.29) is 31.1 Å². The predicted octanol–water partition coefficient (Wildman–Crippen LogP) is 19.5. The van der Waals surface area contributed by atoms with Crippen LogP contribution in [0.15, 0.2) is 109 Å². The number of esters is 3. The van der Waals surface area contributed by atoms with E-state index in [0.717, 1.165) is 148 Å². The van der Waals surface area contributed by atoms with Gasteiger partial charge in [-0.15, -0.1) is 0 Å². The minimum absolute atomic E-state index is 0.0900. The largest absolute Gasteiger partial charge is 0.462 e. The van der Waals surface area contributed by atoms with Gasteiger partial charge in [0.1, 0.15) is 13.2 Å². The second-order valence-corrected chi connectivity index (χ2v) is 18.8. The first kappa shape index (κ1) is 66.1. The van der Waals surface area contributed by atoms with Crippen molar-refractivity contribution >= 4 is 17.9 Å². The van der Waals surface area contributed by atoms with Crippen LogP contribution in [-0.4, -0.2) is 37.2 Å². The van der Waals surface area contributed by atoms with Crippen molar-refractivity contribution in [2.24, 2.45) is 0 Å². The summed E-state index contributed by atoms with van der Waals surface area (Å²) >= 11 is 0. The highest BCUT2D eigenvalue weighted by Gasteiger charge is 2.19. The molecule has 6 nitrogen and oxygen atoms in total. The third kappa shape index (κ3) is 55.0. The van der Waals surface area contributed by atoms with Gasteiger partial charge in [-0.1, -0.05) is 246 Å². The number of allylic oxidation sites excluding steroid dienone is 18. The Labute approximate surface area is 431 Å². The molecule has 70 heavy (non-hydrogen) atoms. The van der Waals surface area contributed by atoms with Crippen molar-refractivity contribution in [2.75, 3.05) is 13.2 Å². The molecule has 0 saturated carbocycles. The molecule has 0 fully saturated rings. The number of unbranched alkanes of at least 4 members (excludes halogenated alkanes) is 22. The van der Waals surface area contributed by atoms with Gasteiger partial charge in [0, 0.05) is 19.3 Å². The summed E-state index contributed by atoms with van der Waals surface area (Å²) in [5.41, 5.74) is 0. The van der Waals surface area contributed by atoms with Gasteiger partial charge in [-0.2, -0.15) is 0 Å². The molecule has 0 heterocycles. The van der Waals surface area contributed by atoms with Gasteiger partial charge in [-0.05, 0) is 103 Å². The quantitative estimate of drug-likeness (QED) is 0.0262. The normalized spacial score (nSPS) is 12.9. The topological polar surface area (TPSA) is 78.9 Å². The Balaban J connectivity index is 4.43. The molecule has 0 N–H and O–H groups in total. The average Bonchev–Trinajstić information content (AvgIpc) is 3.36. The summed E-state index contributed by atoms with van der Waals surface area (Å²) in [6, 6.07) is 0. The van der Waals surface area contributed by atoms with Crippen molar-refractivity contribution in [3.8, 4) is 0 Å². The maximum absolute atomic E-state index is 12.9. The highest BCUT2D eigenvalue weighted by Crippen LogP contribution is 2.15. The fourth-order valence-electron chi connectivity index (χ4n) is 7.75. The zero-order valence-electron chi connectivity index (χ0n) is 45.5. The molecule has 6 heteroatoms. The van der Waals surface area contributed by atoms with Crippen molar-refractivity contribution in [3.05, 3.63) is 109 Å². The summed E-state index contributed by atoms with van der Waals surface area (Å²) in [7, 11) is 0. The summed E-state index contributed by atoms with van der Waals surface area (Å²) in [5.74, 6) is -0.922. The van der Waals surface area contributed by atoms with Crippen molar-refractivity contribution in [1.29, 1.82) is 0 Å². The van der Waals surface area contributed by atoms with Gasteiger partial charge in [0.2, 0.25) is 0 Å². The molecule has 398 valence electrons. The van der Waals surface area contributed by atoms with E-state index in [9.17, 15) is 14.4 Å². The number of carbonyl (C=O) groups excluding carboxylic acids is 3. The van der Waals surface area contributed by atoms with Crippen LogP contribution in [0.2, 0.25) is 0 Å². The zero-order chi connectivity index (χ0) is 50.7. The van der Waals surface area contributed by atoms with Gasteiger partial charge in [-0.25, -0.2) is 0 Å². The molecule has 0 amide bonds. The van der Waals surface area contributed by atoms with Crippen LogP contribution in [0.25, 0.3) is 0 Å². The van der Waals surface area contributed by atoms with E-state index in [1.165, 1.54) is 70.6 Å². The first-order valence-electron chi connectivity index (χ1n) is 28.9. The zero-order valence-corrected chi connectivity index (χ0v) is 45.5. The lowest BCUT2D eigenvalue weighted by Gasteiger charge is -2.18. The number of ether oxygens (including phenoxy) is 3. The Morgan fingerprint density at radius 3 is 0.871 bits per heavy atom. The Hall–Kier alpha value is -3.93. The molecule has 0 bridgehead atoms. The van der Waals surface area contributed by atoms with E-state index < -0.39 is 6.10 Å². The van der Waals surface area contributed by atoms with E-state index >= 15 is 0 Å². The SMILES string of the molecule is CC/C=C\C/C=C\C/C=C\C/C=C\C/C=C\CCCCCCCC(=O)OCC(COC(=O)CCCCCCCCCCCCCC)OC(=O)CCCCCCCC/C=C\C/C=C\C/C=C\C/C=C\CC. The molecule has 0 aliphatic carbocycles. The minimum Gasteiger partial charge on any atom is -0.462 e. The Bertz CT molecular complexity index is 1440. The van der Waals surface area contributed by atoms with Crippen LogP contribution in [0, 0.1) is 0 Å². The minimum atomic E-state index is -0.795. The van der Waals surface area contributed by atoms with Gasteiger partial charge >= 0.3 is 17.9 Å². The second-order valence-electron chi connectivity index (χ2n) is 18.8. The van der Waals surface area contributed by atoms with Crippen molar-refractivity contribution in [3.63, 3.8) is 0 Å². The fourth-order valence-corrected chi connectivity index (χ4v) is 7.75. The molecule has 1 unspecified atom stereocenters. The predicted molar refractivity (Wildman–Crippen MR) is 302 cm³/mol. The lowest BCUT2D eigenvalue weighted by molar-refractivity contribution is -0.167. The summed E-state index contributed by atoms with van der Waals surface area (Å²) < 4.78 is 16.8. The highest BCUT2D eigenvalue weighted by atomic mass is 16.6. The highest BCUT2D eigenvalue weighted by molar-refractivity contribution is 5.71. The maximum Gasteiger partial charge on any atom is 0.306 e. The van der Waals surface area contributed by atoms with Gasteiger partial charge < -0.3 is 14.2 Å². The standard InChI is InChI=1S/C64H106O6/c1-4-7-10-13-16-19-22-25-27-29-31-32-34-35-37-39-42-45-48-51-54-57-63(66)69-60-61(59-68-62(65)56-53-50-47-44-41-24-21-18-15-12-9-6-3)70-64(67)58-55-52-49-46-43-40-38-36-33-30-28-26-23-20-17-14-11-8-5-2/h7-8,10-11,16-17,19-20,25-28,31-33,35-37,61H,4-6,9,12-15,18,21-24,29-30,34,38-60H2,1-3H3/b10-7-,11-8-,19-16-,20-17-,27-25-,28-26-,32-31-,36-33-,37-35-. The molecule has 0 saturated heterocycles. The lowest BCUT2D eigenvalue weighted by atomic mass is 10.0. The summed E-state index contributed by atoms with van der Waals surface area (Å²) in [5, 5.41) is 0. The van der Waals surface area contributed by atoms with Crippen LogP contribution < -0.4 is 0 Å². The summed E-state index contributed by atoms with van der Waals surface area (Å²) in [4.78, 5) is 38.2. The summed E-state index contributed by atoms with van der Waals surface area (Å²) in [6.07, 6.45) is 77.9. The molecule has 0 aliphatic rings. The van der Waals surface area contributed by atoms with Crippen molar-refractivity contribution in [2.45, 2.75) is 264 Å². The number of rotatable bonds is 51. The van der Waals surface area contributed by atoms with E-state index in [2.05, 4.69) is 130 Å². The average molecular weight is 972 g/mol. The van der Waals surface area contributed by atoms with Crippen LogP contribution in [0.5, 0.6) is 0 Å². The molecular formula is C64H106O6. The van der Waals surface area contributed by atoms with Crippen LogP contribution >= 0.6 is 0 Å². The third-order valence-electron chi connectivity index (χ3n) is 12.0. The smallest absolute Gasteiger partial charge is 0.306 e. The van der Waals surface area contributed by atoms with Gasteiger partial charge in [0.15, 0.2) is 6.10 Å². The Morgan fingerprint density at radius 2 is 0.557 bits per heavy atom. The first-order chi connectivity index (χ1) is 34.5. The molecule has 0 aliphatic heterocycles. The Morgan fingerprint density at radius 1 is 0.300 bits per heavy atom. The molecule has 0 aromatic heterocycles. The van der Waals surface area contributed by atoms with Crippen molar-refractivity contribution < 1.29 is 28.6 Å². The van der Waals surface area contributed by atoms with Crippen molar-refractivity contribution in [1.82, 2.24) is 0 Å². The molecule has 0 spiro atoms. The maximum atomic E-state index is 12.9. The molecule has 1 atom stereocenters. The van der Waals surface area contributed by atoms with E-state index in [4.69, 9.17) is 14.2 Å². The van der Waals surface area contributed by atoms with Crippen LogP contribution in [0.3, 0.4) is 0 Å². The molecule has 0 rings (SSSR count). The molecule has 0 aromatic rings. The summed E-state index contributed by atoms with van der Waals surface area (Å²) in [6.45, 7) is 6.39. The van der Waals surface area contributed by atoms with Crippen LogP contribution in [-0.2, 0) is 28.6 Å². The van der Waals surface area contributed by atoms with E-state index in [1.54, 1.807) is 0 Å². The fraction of sp³-hybridized carbons (Fsp3) is 0.672. The lowest BCUT2D eigenvalue weighted by Crippen LogP contribution is -2.30. The molecule has 0 aromatic carbocycles. The van der Waals surface area contributed by atoms with Gasteiger partial charge in [0.25, 0.3) is 0 Å². The molecule has 0 radical (unpaired) electrons. The van der Waals surface area contributed by atoms with Crippen LogP contribution in [0.1, 0.15) is 258 Å². The van der Waals surface area contributed by atoms with Gasteiger partial charge in [0.05, 0.1) is 0 Å². The Kier molecular flexibility index (Phi) is 54.4. The number of hydrogen-bond acceptors (Lipinski definition) is 6.